The molecule has 12 heteroatoms. The van der Waals surface area contributed by atoms with Crippen LogP contribution in [0.15, 0.2) is 23.4 Å². The van der Waals surface area contributed by atoms with Crippen LogP contribution in [0.1, 0.15) is 12.7 Å². The van der Waals surface area contributed by atoms with E-state index in [2.05, 4.69) is 15.5 Å². The van der Waals surface area contributed by atoms with E-state index < -0.39 is 29.0 Å². The third-order valence-electron chi connectivity index (χ3n) is 2.76. The van der Waals surface area contributed by atoms with Gasteiger partial charge in [-0.3, -0.25) is 4.79 Å². The number of nitrogens with two attached hydrogens (primary N) is 1. The molecule has 2 aromatic rings. The highest BCUT2D eigenvalue weighted by Gasteiger charge is 2.38. The van der Waals surface area contributed by atoms with Crippen molar-refractivity contribution in [2.24, 2.45) is 0 Å². The molecule has 1 amide bonds. The molecule has 0 saturated carbocycles. The van der Waals surface area contributed by atoms with Gasteiger partial charge in [-0.2, -0.15) is 13.2 Å². The minimum atomic E-state index is -4.76. The number of thioether (sulfide) groups is 1. The van der Waals surface area contributed by atoms with Gasteiger partial charge in [-0.25, -0.2) is 9.07 Å². The fraction of sp³-hybridized carbons (Fsp3) is 0.250. The number of benzene rings is 1. The van der Waals surface area contributed by atoms with Crippen LogP contribution < -0.4 is 11.2 Å². The average Bonchev–Trinajstić information content (AvgIpc) is 2.83. The summed E-state index contributed by atoms with van der Waals surface area (Å²) in [5, 5.41) is 7.55. The molecule has 0 fully saturated rings. The van der Waals surface area contributed by atoms with Crippen molar-refractivity contribution in [1.29, 1.82) is 0 Å². The molecule has 2 rings (SSSR count). The summed E-state index contributed by atoms with van der Waals surface area (Å²) in [4.78, 5) is 12.1. The Hall–Kier alpha value is -2.01. The van der Waals surface area contributed by atoms with Crippen molar-refractivity contribution in [1.82, 2.24) is 14.9 Å². The van der Waals surface area contributed by atoms with Crippen molar-refractivity contribution in [3.05, 3.63) is 34.9 Å². The first-order valence-electron chi connectivity index (χ1n) is 6.30. The summed E-state index contributed by atoms with van der Waals surface area (Å²) in [5.74, 6) is 2.76. The summed E-state index contributed by atoms with van der Waals surface area (Å²) in [6, 6.07) is 3.38. The molecule has 6 nitrogen and oxygen atoms in total. The highest BCUT2D eigenvalue weighted by Crippen LogP contribution is 2.30. The number of nitrogens with zero attached hydrogens (tertiary/aromatic N) is 3. The van der Waals surface area contributed by atoms with Crippen LogP contribution in [-0.4, -0.2) is 26.0 Å². The lowest BCUT2D eigenvalue weighted by Gasteiger charge is -2.12. The van der Waals surface area contributed by atoms with Crippen LogP contribution in [-0.2, 0) is 11.0 Å². The summed E-state index contributed by atoms with van der Waals surface area (Å²) in [6.45, 7) is 1.43. The topological polar surface area (TPSA) is 85.8 Å². The highest BCUT2D eigenvalue weighted by atomic mass is 35.5. The van der Waals surface area contributed by atoms with Crippen molar-refractivity contribution >= 4 is 35.0 Å². The molecule has 130 valence electrons. The molecule has 0 radical (unpaired) electrons. The monoisotopic (exact) mass is 383 g/mol. The molecule has 1 aromatic carbocycles. The summed E-state index contributed by atoms with van der Waals surface area (Å²) in [5.41, 5.74) is 0.167. The van der Waals surface area contributed by atoms with Gasteiger partial charge in [-0.15, -0.1) is 10.2 Å². The fourth-order valence-electron chi connectivity index (χ4n) is 1.59. The molecule has 0 bridgehead atoms. The van der Waals surface area contributed by atoms with Gasteiger partial charge in [0.1, 0.15) is 5.82 Å². The first kappa shape index (κ1) is 18.3. The summed E-state index contributed by atoms with van der Waals surface area (Å²) < 4.78 is 51.0. The molecule has 1 aromatic heterocycles. The highest BCUT2D eigenvalue weighted by molar-refractivity contribution is 8.00. The second-order valence-electron chi connectivity index (χ2n) is 4.55. The van der Waals surface area contributed by atoms with Crippen molar-refractivity contribution in [3.8, 4) is 0 Å². The number of alkyl halides is 3. The zero-order valence-electron chi connectivity index (χ0n) is 11.9. The predicted octanol–water partition coefficient (Wildman–Crippen LogP) is 2.92. The second kappa shape index (κ2) is 6.85. The molecule has 3 N–H and O–H groups in total. The number of carbonyl (C=O) groups is 1. The largest absolute Gasteiger partial charge is 0.453 e. The molecule has 0 aliphatic carbocycles. The Morgan fingerprint density at radius 3 is 2.62 bits per heavy atom. The number of carbonyl (C=O) groups excluding carboxylic acids is 1. The van der Waals surface area contributed by atoms with Crippen LogP contribution in [0.3, 0.4) is 0 Å². The number of hydrogen-bond donors (Lipinski definition) is 2. The maximum Gasteiger partial charge on any atom is 0.453 e. The summed E-state index contributed by atoms with van der Waals surface area (Å²) >= 11 is 6.46. The van der Waals surface area contributed by atoms with Gasteiger partial charge in [-0.05, 0) is 25.1 Å². The lowest BCUT2D eigenvalue weighted by Crippen LogP contribution is -2.25. The van der Waals surface area contributed by atoms with Crippen molar-refractivity contribution in [2.75, 3.05) is 11.2 Å². The molecule has 24 heavy (non-hydrogen) atoms. The van der Waals surface area contributed by atoms with E-state index in [0.717, 1.165) is 12.1 Å². The van der Waals surface area contributed by atoms with Crippen LogP contribution in [0.5, 0.6) is 0 Å². The standard InChI is InChI=1S/C12H10ClF4N5OS/c1-5(9(23)19-8-3-2-6(14)4-7(8)13)24-11-21-20-10(22(11)18)12(15,16)17/h2-5H,18H2,1H3,(H,19,23)/t5-/m0/s1. The first-order chi connectivity index (χ1) is 11.1. The summed E-state index contributed by atoms with van der Waals surface area (Å²) in [7, 11) is 0. The quantitative estimate of drug-likeness (QED) is 0.481. The van der Waals surface area contributed by atoms with Gasteiger partial charge in [0.25, 0.3) is 5.82 Å². The van der Waals surface area contributed by atoms with E-state index >= 15 is 0 Å². The number of aromatic nitrogens is 3. The minimum Gasteiger partial charge on any atom is -0.335 e. The normalized spacial score (nSPS) is 12.9. The van der Waals surface area contributed by atoms with E-state index in [1.165, 1.54) is 13.0 Å². The maximum absolute atomic E-state index is 12.9. The lowest BCUT2D eigenvalue weighted by atomic mass is 10.3. The third kappa shape index (κ3) is 4.09. The molecule has 0 spiro atoms. The summed E-state index contributed by atoms with van der Waals surface area (Å²) in [6.07, 6.45) is -4.76. The number of rotatable bonds is 4. The number of nitrogen functional groups attached to an aromatic ring is 1. The van der Waals surface area contributed by atoms with Crippen LogP contribution >= 0.6 is 23.4 Å². The van der Waals surface area contributed by atoms with E-state index in [0.29, 0.717) is 11.8 Å². The van der Waals surface area contributed by atoms with Gasteiger partial charge >= 0.3 is 6.18 Å². The van der Waals surface area contributed by atoms with Crippen LogP contribution in [0.2, 0.25) is 5.02 Å². The van der Waals surface area contributed by atoms with Crippen LogP contribution in [0, 0.1) is 5.82 Å². The number of hydrogen-bond acceptors (Lipinski definition) is 5. The van der Waals surface area contributed by atoms with Gasteiger partial charge in [0.15, 0.2) is 0 Å². The Labute approximate surface area is 142 Å². The number of halogens is 5. The molecule has 0 aliphatic heterocycles. The van der Waals surface area contributed by atoms with Gasteiger partial charge in [0, 0.05) is 0 Å². The minimum absolute atomic E-state index is 0.0121. The SMILES string of the molecule is C[C@H](Sc1nnc(C(F)(F)F)n1N)C(=O)Nc1ccc(F)cc1Cl. The Morgan fingerprint density at radius 1 is 1.42 bits per heavy atom. The number of anilines is 1. The van der Waals surface area contributed by atoms with Gasteiger partial charge in [0.05, 0.1) is 16.0 Å². The Morgan fingerprint density at radius 2 is 2.08 bits per heavy atom. The molecule has 1 heterocycles. The van der Waals surface area contributed by atoms with E-state index in [1.54, 1.807) is 0 Å². The molecular weight excluding hydrogens is 374 g/mol. The van der Waals surface area contributed by atoms with Crippen LogP contribution in [0.25, 0.3) is 0 Å². The first-order valence-corrected chi connectivity index (χ1v) is 7.55. The second-order valence-corrected chi connectivity index (χ2v) is 6.26. The number of nitrogens with one attached hydrogen (secondary N) is 1. The smallest absolute Gasteiger partial charge is 0.335 e. The van der Waals surface area contributed by atoms with Gasteiger partial charge in [-0.1, -0.05) is 23.4 Å². The third-order valence-corrected chi connectivity index (χ3v) is 4.13. The molecule has 1 atom stereocenters. The van der Waals surface area contributed by atoms with Crippen molar-refractivity contribution < 1.29 is 22.4 Å². The predicted molar refractivity (Wildman–Crippen MR) is 80.5 cm³/mol. The van der Waals surface area contributed by atoms with Crippen LogP contribution in [0.4, 0.5) is 23.2 Å². The Bertz CT molecular complexity index is 766. The van der Waals surface area contributed by atoms with E-state index in [4.69, 9.17) is 17.4 Å². The lowest BCUT2D eigenvalue weighted by molar-refractivity contribution is -0.146. The zero-order chi connectivity index (χ0) is 18.1. The average molecular weight is 384 g/mol. The van der Waals surface area contributed by atoms with Gasteiger partial charge < -0.3 is 11.2 Å². The maximum atomic E-state index is 12.9. The zero-order valence-corrected chi connectivity index (χ0v) is 13.5. The van der Waals surface area contributed by atoms with Crippen molar-refractivity contribution in [3.63, 3.8) is 0 Å². The Balaban J connectivity index is 2.08. The van der Waals surface area contributed by atoms with Gasteiger partial charge in [0.2, 0.25) is 11.1 Å². The molecule has 0 aliphatic rings. The number of amides is 1. The molecule has 0 saturated heterocycles. The van der Waals surface area contributed by atoms with E-state index in [9.17, 15) is 22.4 Å². The van der Waals surface area contributed by atoms with Crippen molar-refractivity contribution in [2.45, 2.75) is 23.5 Å². The van der Waals surface area contributed by atoms with E-state index in [-0.39, 0.29) is 20.5 Å². The molecular formula is C12H10ClF4N5OS. The van der Waals surface area contributed by atoms with E-state index in [1.807, 2.05) is 0 Å². The fourth-order valence-corrected chi connectivity index (χ4v) is 2.57. The molecule has 0 unspecified atom stereocenters. The Kier molecular flexibility index (Phi) is 5.23.